The van der Waals surface area contributed by atoms with Crippen molar-refractivity contribution in [3.05, 3.63) is 457 Å². The molecule has 0 bridgehead atoms. The molecule has 0 atom stereocenters. The maximum atomic E-state index is 2.54. The van der Waals surface area contributed by atoms with Crippen LogP contribution in [0, 0.1) is 0 Å². The van der Waals surface area contributed by atoms with Gasteiger partial charge in [0.05, 0.1) is 5.41 Å². The number of fused-ring (bicyclic) bond motifs is 23. The average molecular weight is 1510 g/mol. The zero-order valence-electron chi connectivity index (χ0n) is 66.8. The van der Waals surface area contributed by atoms with Crippen LogP contribution in [0.25, 0.3) is 198 Å². The maximum absolute atomic E-state index is 2.54. The fraction of sp³-hybridized carbons (Fsp3) is 0.0588. The lowest BCUT2D eigenvalue weighted by Gasteiger charge is -2.30. The lowest BCUT2D eigenvalue weighted by Crippen LogP contribution is -2.25. The zero-order valence-corrected chi connectivity index (χ0v) is 66.8. The normalized spacial score (nSPS) is 13.7. The van der Waals surface area contributed by atoms with E-state index >= 15 is 0 Å². The molecule has 0 N–H and O–H groups in total. The van der Waals surface area contributed by atoms with Gasteiger partial charge in [0, 0.05) is 10.8 Å². The molecule has 4 aliphatic rings. The molecule has 4 aliphatic carbocycles. The first-order valence-corrected chi connectivity index (χ1v) is 42.0. The molecule has 0 saturated carbocycles. The van der Waals surface area contributed by atoms with Crippen molar-refractivity contribution in [1.82, 2.24) is 0 Å². The summed E-state index contributed by atoms with van der Waals surface area (Å²) in [6.45, 7) is 9.47. The van der Waals surface area contributed by atoms with E-state index in [9.17, 15) is 0 Å². The van der Waals surface area contributed by atoms with Gasteiger partial charge in [-0.3, -0.25) is 0 Å². The van der Waals surface area contributed by atoms with E-state index in [4.69, 9.17) is 0 Å². The van der Waals surface area contributed by atoms with Crippen molar-refractivity contribution in [2.24, 2.45) is 0 Å². The van der Waals surface area contributed by atoms with Gasteiger partial charge in [0.25, 0.3) is 0 Å². The smallest absolute Gasteiger partial charge is 0.0619 e. The Balaban J connectivity index is 0.000000137. The molecule has 21 aromatic carbocycles. The number of hydrogen-bond acceptors (Lipinski definition) is 0. The Bertz CT molecular complexity index is 7710. The van der Waals surface area contributed by atoms with Crippen molar-refractivity contribution in [3.63, 3.8) is 0 Å². The van der Waals surface area contributed by atoms with Gasteiger partial charge in [0.15, 0.2) is 0 Å². The Hall–Kier alpha value is -14.6. The van der Waals surface area contributed by atoms with E-state index in [0.717, 1.165) is 0 Å². The Morgan fingerprint density at radius 2 is 0.420 bits per heavy atom. The van der Waals surface area contributed by atoms with Crippen molar-refractivity contribution in [2.75, 3.05) is 0 Å². The van der Waals surface area contributed by atoms with Gasteiger partial charge in [0.1, 0.15) is 0 Å². The van der Waals surface area contributed by atoms with E-state index in [1.165, 1.54) is 242 Å². The van der Waals surface area contributed by atoms with Crippen molar-refractivity contribution in [3.8, 4) is 122 Å². The highest BCUT2D eigenvalue weighted by Crippen LogP contribution is 2.64. The predicted molar refractivity (Wildman–Crippen MR) is 505 cm³/mol. The third kappa shape index (κ3) is 10.2. The van der Waals surface area contributed by atoms with Gasteiger partial charge < -0.3 is 0 Å². The summed E-state index contributed by atoms with van der Waals surface area (Å²) >= 11 is 0. The fourth-order valence-electron chi connectivity index (χ4n) is 22.0. The van der Waals surface area contributed by atoms with Gasteiger partial charge in [0.2, 0.25) is 0 Å². The van der Waals surface area contributed by atoms with Crippen LogP contribution in [-0.4, -0.2) is 0 Å². The minimum Gasteiger partial charge on any atom is -0.0619 e. The van der Waals surface area contributed by atoms with Crippen LogP contribution in [-0.2, 0) is 16.2 Å². The molecule has 0 unspecified atom stereocenters. The van der Waals surface area contributed by atoms with Crippen LogP contribution in [0.5, 0.6) is 0 Å². The number of rotatable bonds is 7. The molecule has 0 heterocycles. The Morgan fingerprint density at radius 3 is 0.849 bits per heavy atom. The van der Waals surface area contributed by atoms with Gasteiger partial charge in [-0.15, -0.1) is 0 Å². The van der Waals surface area contributed by atoms with Crippen LogP contribution in [0.4, 0.5) is 0 Å². The van der Waals surface area contributed by atoms with Crippen molar-refractivity contribution < 1.29 is 0 Å². The van der Waals surface area contributed by atoms with E-state index in [2.05, 4.69) is 440 Å². The van der Waals surface area contributed by atoms with Crippen LogP contribution < -0.4 is 0 Å². The van der Waals surface area contributed by atoms with Crippen LogP contribution in [0.1, 0.15) is 72.2 Å². The van der Waals surface area contributed by atoms with E-state index in [1.54, 1.807) is 0 Å². The molecule has 25 rings (SSSR count). The van der Waals surface area contributed by atoms with Crippen LogP contribution in [0.15, 0.2) is 413 Å². The first kappa shape index (κ1) is 68.8. The topological polar surface area (TPSA) is 0 Å². The quantitative estimate of drug-likeness (QED) is 0.140. The highest BCUT2D eigenvalue weighted by Gasteiger charge is 2.52. The maximum Gasteiger partial charge on any atom is 0.0725 e. The van der Waals surface area contributed by atoms with E-state index in [1.807, 2.05) is 0 Å². The second kappa shape index (κ2) is 26.2. The summed E-state index contributed by atoms with van der Waals surface area (Å²) < 4.78 is 0. The number of benzene rings is 21. The van der Waals surface area contributed by atoms with Gasteiger partial charge >= 0.3 is 0 Å². The lowest BCUT2D eigenvalue weighted by atomic mass is 9.70. The molecule has 21 aromatic rings. The highest BCUT2D eigenvalue weighted by atomic mass is 14.5. The summed E-state index contributed by atoms with van der Waals surface area (Å²) in [5, 5.41) is 17.9. The third-order valence-corrected chi connectivity index (χ3v) is 27.5. The molecule has 0 radical (unpaired) electrons. The summed E-state index contributed by atoms with van der Waals surface area (Å²) in [6.07, 6.45) is 0. The molecule has 119 heavy (non-hydrogen) atoms. The first-order chi connectivity index (χ1) is 58.5. The minimum atomic E-state index is -0.394. The summed E-state index contributed by atoms with van der Waals surface area (Å²) in [5.41, 5.74) is 38.8. The molecule has 0 aliphatic heterocycles. The van der Waals surface area contributed by atoms with Crippen molar-refractivity contribution >= 4 is 75.4 Å². The molecule has 0 aromatic heterocycles. The van der Waals surface area contributed by atoms with E-state index in [0.29, 0.717) is 0 Å². The van der Waals surface area contributed by atoms with Gasteiger partial charge in [-0.25, -0.2) is 0 Å². The second-order valence-electron chi connectivity index (χ2n) is 34.4. The molecule has 0 heteroatoms. The van der Waals surface area contributed by atoms with Gasteiger partial charge in [-0.1, -0.05) is 392 Å². The minimum absolute atomic E-state index is 0.0391. The molecule has 1 spiro atoms. The molecule has 0 nitrogen and oxygen atoms in total. The first-order valence-electron chi connectivity index (χ1n) is 42.0. The third-order valence-electron chi connectivity index (χ3n) is 27.5. The fourth-order valence-corrected chi connectivity index (χ4v) is 22.0. The largest absolute Gasteiger partial charge is 0.0725 e. The number of hydrogen-bond donors (Lipinski definition) is 0. The van der Waals surface area contributed by atoms with Crippen molar-refractivity contribution in [1.29, 1.82) is 0 Å². The molecular weight excluding hydrogens is 1430 g/mol. The Morgan fingerprint density at radius 1 is 0.134 bits per heavy atom. The Kier molecular flexibility index (Phi) is 15.2. The van der Waals surface area contributed by atoms with Crippen LogP contribution >= 0.6 is 0 Å². The SMILES string of the molecule is CC1(C)c2ccc(-c3ccc(-c4c5ccccc5c(-c5ccc6c(c5)C5(c7ccccc7-c7ccccc75)c5ccccc5-6)c5ccccc45)cc3)cc2-c2cc3ccccc3cc21.CC1(C)c2ccc(-c3ccc(-c4c5ccccc5c(-c5cccc(-c6cccc7ccccc67)c5)c5ccccc45)cc3)cc2-c2cc3ccccc3cc21. The predicted octanol–water partition coefficient (Wildman–Crippen LogP) is 32.1. The highest BCUT2D eigenvalue weighted by molar-refractivity contribution is 6.23. The van der Waals surface area contributed by atoms with Gasteiger partial charge in [-0.05, 0) is 291 Å². The molecule has 0 fully saturated rings. The standard InChI is InChI=1S/C64H42.C55H38/c1-63(2)55-34-32-43(36-53(55)54-35-41-15-3-4-16-42(41)37-59(54)63)39-27-29-40(30-28-39)61-49-20-5-7-22-51(49)62(52-23-8-6-21-50(52)61)44-31-33-48-47-19-11-14-26-58(47)64(60(48)38-44)56-24-12-9-17-45(56)46-18-10-13-25-57(46)64;1-55(2)51-30-29-40(33-49(51)50-32-38-14-3-4-15-39(38)34-52(50)55)35-25-27-37(28-26-35)53-45-20-7-9-22-47(45)54(48-23-10-8-21-46(48)53)42-18-11-17-41(31-42)44-24-12-16-36-13-5-6-19-43(36)44/h3-38H,1-2H3;3-34H,1-2H3. The van der Waals surface area contributed by atoms with Crippen molar-refractivity contribution in [2.45, 2.75) is 43.9 Å². The molecule has 0 saturated heterocycles. The van der Waals surface area contributed by atoms with E-state index in [-0.39, 0.29) is 10.8 Å². The van der Waals surface area contributed by atoms with Gasteiger partial charge in [-0.2, -0.15) is 0 Å². The summed E-state index contributed by atoms with van der Waals surface area (Å²) in [7, 11) is 0. The zero-order chi connectivity index (χ0) is 79.0. The van der Waals surface area contributed by atoms with E-state index < -0.39 is 5.41 Å². The Labute approximate surface area is 693 Å². The molecule has 556 valence electrons. The monoisotopic (exact) mass is 1510 g/mol. The summed E-state index contributed by atoms with van der Waals surface area (Å²) in [4.78, 5) is 0. The van der Waals surface area contributed by atoms with Crippen LogP contribution in [0.3, 0.4) is 0 Å². The van der Waals surface area contributed by atoms with Crippen LogP contribution in [0.2, 0.25) is 0 Å². The molecule has 0 amide bonds. The molecular formula is C119H80. The summed E-state index contributed by atoms with van der Waals surface area (Å²) in [6, 6.07) is 155. The second-order valence-corrected chi connectivity index (χ2v) is 34.4. The average Bonchev–Trinajstić information content (AvgIpc) is 1.51. The lowest BCUT2D eigenvalue weighted by molar-refractivity contribution is 0.661. The summed E-state index contributed by atoms with van der Waals surface area (Å²) in [5.74, 6) is 0.